The first kappa shape index (κ1) is 25.1. The smallest absolute Gasteiger partial charge is 0.295 e. The number of nitrogens with zero attached hydrogens (tertiary/aromatic N) is 3. The van der Waals surface area contributed by atoms with Gasteiger partial charge in [-0.2, -0.15) is 0 Å². The van der Waals surface area contributed by atoms with E-state index in [1.165, 1.54) is 11.0 Å². The number of Topliss-reactive ketones (excluding diaryl/α,β-unsaturated/α-hetero) is 1. The van der Waals surface area contributed by atoms with Crippen molar-refractivity contribution in [3.05, 3.63) is 101 Å². The fourth-order valence-corrected chi connectivity index (χ4v) is 5.00. The molecule has 194 valence electrons. The summed E-state index contributed by atoms with van der Waals surface area (Å²) in [7, 11) is 0. The second-order valence-electron chi connectivity index (χ2n) is 9.32. The number of hydrogen-bond acceptors (Lipinski definition) is 6. The van der Waals surface area contributed by atoms with E-state index < -0.39 is 17.7 Å². The number of pyridine rings is 1. The number of carbonyl (C=O) groups is 2. The minimum absolute atomic E-state index is 0.0413. The molecule has 1 fully saturated rings. The average Bonchev–Trinajstić information content (AvgIpc) is 3.39. The summed E-state index contributed by atoms with van der Waals surface area (Å²) in [5, 5.41) is 21.8. The van der Waals surface area contributed by atoms with Crippen LogP contribution in [0.1, 0.15) is 41.0 Å². The number of carbonyl (C=O) groups excluding carboxylic acids is 2. The van der Waals surface area contributed by atoms with E-state index in [1.807, 2.05) is 66.9 Å². The van der Waals surface area contributed by atoms with Gasteiger partial charge in [-0.1, -0.05) is 42.5 Å². The second-order valence-corrected chi connectivity index (χ2v) is 9.32. The van der Waals surface area contributed by atoms with Gasteiger partial charge in [0.05, 0.1) is 23.9 Å². The minimum atomic E-state index is -0.885. The van der Waals surface area contributed by atoms with Crippen LogP contribution in [0.4, 0.5) is 0 Å². The van der Waals surface area contributed by atoms with Crippen molar-refractivity contribution < 1.29 is 24.5 Å². The zero-order valence-electron chi connectivity index (χ0n) is 21.5. The fourth-order valence-electron chi connectivity index (χ4n) is 5.00. The maximum atomic E-state index is 13.5. The van der Waals surface area contributed by atoms with Crippen molar-refractivity contribution in [2.24, 2.45) is 0 Å². The lowest BCUT2D eigenvalue weighted by atomic mass is 9.95. The van der Waals surface area contributed by atoms with Gasteiger partial charge in [0.15, 0.2) is 17.3 Å². The number of ketones is 1. The monoisotopic (exact) mass is 511 g/mol. The van der Waals surface area contributed by atoms with E-state index in [1.54, 1.807) is 19.1 Å². The topological polar surface area (TPSA) is 104 Å². The molecule has 4 aromatic rings. The average molecular weight is 512 g/mol. The number of aliphatic hydroxyl groups is 1. The quantitative estimate of drug-likeness (QED) is 0.211. The highest BCUT2D eigenvalue weighted by Gasteiger charge is 2.46. The molecule has 8 nitrogen and oxygen atoms in total. The number of aromatic hydroxyl groups is 1. The molecule has 1 atom stereocenters. The summed E-state index contributed by atoms with van der Waals surface area (Å²) in [5.41, 5.74) is 3.97. The molecular weight excluding hydrogens is 482 g/mol. The zero-order valence-corrected chi connectivity index (χ0v) is 21.5. The Kier molecular flexibility index (Phi) is 6.63. The van der Waals surface area contributed by atoms with Crippen LogP contribution in [0.3, 0.4) is 0 Å². The standard InChI is InChI=1S/C30H29N3O5/c1-4-38-23-17-21(12-13-22(23)34)26-24(27(35)25-19(3)32-15-8-9-18(2)29(32)31-25)28(36)30(37)33(26)16-14-20-10-6-5-7-11-20/h5-13,15,17,26,34-35H,4,14,16H2,1-3H3/b27-24+. The maximum absolute atomic E-state index is 13.5. The van der Waals surface area contributed by atoms with Crippen molar-refractivity contribution >= 4 is 23.1 Å². The van der Waals surface area contributed by atoms with Gasteiger partial charge >= 0.3 is 0 Å². The van der Waals surface area contributed by atoms with Gasteiger partial charge in [0.25, 0.3) is 11.7 Å². The Bertz CT molecular complexity index is 1570. The Labute approximate surface area is 220 Å². The summed E-state index contributed by atoms with van der Waals surface area (Å²) < 4.78 is 7.42. The molecule has 1 saturated heterocycles. The highest BCUT2D eigenvalue weighted by atomic mass is 16.5. The van der Waals surface area contributed by atoms with Crippen molar-refractivity contribution in [2.45, 2.75) is 33.2 Å². The normalized spacial score (nSPS) is 16.9. The summed E-state index contributed by atoms with van der Waals surface area (Å²) in [5.74, 6) is -1.63. The molecule has 0 bridgehead atoms. The first-order valence-electron chi connectivity index (χ1n) is 12.5. The minimum Gasteiger partial charge on any atom is -0.505 e. The van der Waals surface area contributed by atoms with E-state index in [0.29, 0.717) is 29.9 Å². The van der Waals surface area contributed by atoms with Crippen molar-refractivity contribution in [3.8, 4) is 11.5 Å². The van der Waals surface area contributed by atoms with Gasteiger partial charge in [0, 0.05) is 12.7 Å². The number of aromatic nitrogens is 2. The van der Waals surface area contributed by atoms with Gasteiger partial charge in [-0.05, 0) is 62.1 Å². The van der Waals surface area contributed by atoms with Gasteiger partial charge in [0.2, 0.25) is 0 Å². The lowest BCUT2D eigenvalue weighted by molar-refractivity contribution is -0.139. The summed E-state index contributed by atoms with van der Waals surface area (Å²) in [6, 6.07) is 17.3. The molecule has 5 rings (SSSR count). The van der Waals surface area contributed by atoms with Crippen LogP contribution < -0.4 is 4.74 Å². The number of benzene rings is 2. The largest absolute Gasteiger partial charge is 0.505 e. The van der Waals surface area contributed by atoms with Crippen LogP contribution >= 0.6 is 0 Å². The molecule has 0 radical (unpaired) electrons. The molecule has 3 heterocycles. The third-order valence-electron chi connectivity index (χ3n) is 6.93. The van der Waals surface area contributed by atoms with Gasteiger partial charge in [-0.15, -0.1) is 0 Å². The van der Waals surface area contributed by atoms with Gasteiger partial charge < -0.3 is 24.3 Å². The van der Waals surface area contributed by atoms with Crippen LogP contribution in [-0.4, -0.2) is 49.3 Å². The zero-order chi connectivity index (χ0) is 27.0. The van der Waals surface area contributed by atoms with E-state index in [2.05, 4.69) is 4.98 Å². The number of hydrogen-bond donors (Lipinski definition) is 2. The molecule has 0 saturated carbocycles. The van der Waals surface area contributed by atoms with E-state index >= 15 is 0 Å². The lowest BCUT2D eigenvalue weighted by Gasteiger charge is -2.26. The summed E-state index contributed by atoms with van der Waals surface area (Å²) in [6.45, 7) is 6.10. The van der Waals surface area contributed by atoms with Crippen molar-refractivity contribution in [2.75, 3.05) is 13.2 Å². The van der Waals surface area contributed by atoms with Crippen molar-refractivity contribution in [3.63, 3.8) is 0 Å². The van der Waals surface area contributed by atoms with Crippen LogP contribution in [0.25, 0.3) is 11.4 Å². The molecule has 2 aromatic heterocycles. The van der Waals surface area contributed by atoms with Crippen molar-refractivity contribution in [1.29, 1.82) is 0 Å². The molecule has 1 amide bonds. The van der Waals surface area contributed by atoms with E-state index in [0.717, 1.165) is 11.1 Å². The highest BCUT2D eigenvalue weighted by Crippen LogP contribution is 2.42. The molecule has 38 heavy (non-hydrogen) atoms. The van der Waals surface area contributed by atoms with Gasteiger partial charge in [0.1, 0.15) is 11.3 Å². The van der Waals surface area contributed by atoms with Crippen LogP contribution in [0.15, 0.2) is 72.4 Å². The summed E-state index contributed by atoms with van der Waals surface area (Å²) >= 11 is 0. The molecule has 2 N–H and O–H groups in total. The molecule has 0 aliphatic carbocycles. The number of phenols is 1. The first-order chi connectivity index (χ1) is 18.3. The molecular formula is C30H29N3O5. The number of aliphatic hydroxyl groups excluding tert-OH is 1. The van der Waals surface area contributed by atoms with E-state index in [-0.39, 0.29) is 35.1 Å². The maximum Gasteiger partial charge on any atom is 0.295 e. The number of aryl methyl sites for hydroxylation is 2. The third kappa shape index (κ3) is 4.28. The summed E-state index contributed by atoms with van der Waals surface area (Å²) in [6.07, 6.45) is 2.36. The summed E-state index contributed by atoms with van der Waals surface area (Å²) in [4.78, 5) is 32.9. The Morgan fingerprint density at radius 3 is 2.53 bits per heavy atom. The third-order valence-corrected chi connectivity index (χ3v) is 6.93. The Balaban J connectivity index is 1.67. The highest BCUT2D eigenvalue weighted by molar-refractivity contribution is 6.46. The lowest BCUT2D eigenvalue weighted by Crippen LogP contribution is -2.31. The molecule has 1 unspecified atom stereocenters. The number of ether oxygens (including phenoxy) is 1. The SMILES string of the molecule is CCOc1cc(C2/C(=C(\O)c3nc4c(C)cccn4c3C)C(=O)C(=O)N2CCc2ccccc2)ccc1O. The molecule has 2 aromatic carbocycles. The Morgan fingerprint density at radius 2 is 1.82 bits per heavy atom. The van der Waals surface area contributed by atoms with Crippen LogP contribution in [0.2, 0.25) is 0 Å². The predicted octanol–water partition coefficient (Wildman–Crippen LogP) is 4.72. The Morgan fingerprint density at radius 1 is 1.05 bits per heavy atom. The fraction of sp³-hybridized carbons (Fsp3) is 0.233. The predicted molar refractivity (Wildman–Crippen MR) is 143 cm³/mol. The number of likely N-dealkylation sites (tertiary alicyclic amines) is 1. The second kappa shape index (κ2) is 10.0. The van der Waals surface area contributed by atoms with Crippen LogP contribution in [0.5, 0.6) is 11.5 Å². The van der Waals surface area contributed by atoms with Gasteiger partial charge in [-0.25, -0.2) is 4.98 Å². The first-order valence-corrected chi connectivity index (χ1v) is 12.5. The number of phenolic OH excluding ortho intramolecular Hbond substituents is 1. The molecule has 8 heteroatoms. The van der Waals surface area contributed by atoms with Crippen molar-refractivity contribution in [1.82, 2.24) is 14.3 Å². The number of imidazole rings is 1. The van der Waals surface area contributed by atoms with Crippen LogP contribution in [0, 0.1) is 13.8 Å². The number of fused-ring (bicyclic) bond motifs is 1. The molecule has 0 spiro atoms. The van der Waals surface area contributed by atoms with E-state index in [4.69, 9.17) is 4.74 Å². The molecule has 1 aliphatic heterocycles. The van der Waals surface area contributed by atoms with Gasteiger partial charge in [-0.3, -0.25) is 9.59 Å². The molecule has 1 aliphatic rings. The van der Waals surface area contributed by atoms with Crippen LogP contribution in [-0.2, 0) is 16.0 Å². The Hall–Kier alpha value is -4.59. The number of rotatable bonds is 7. The van der Waals surface area contributed by atoms with E-state index in [9.17, 15) is 19.8 Å². The number of amides is 1.